The Bertz CT molecular complexity index is 1050. The van der Waals surface area contributed by atoms with Crippen LogP contribution in [0.1, 0.15) is 58.8 Å². The molecule has 0 bridgehead atoms. The molecule has 37 heavy (non-hydrogen) atoms. The summed E-state index contributed by atoms with van der Waals surface area (Å²) in [5, 5.41) is 2.81. The molecule has 0 saturated carbocycles. The molecule has 1 spiro atoms. The molecule has 2 aliphatic heterocycles. The number of piperidine rings is 1. The number of aliphatic imine (C=N–C) groups is 1. The number of amides is 1. The Balaban J connectivity index is 1.32. The smallest absolute Gasteiger partial charge is 0.392 e. The first-order valence-corrected chi connectivity index (χ1v) is 13.2. The maximum atomic E-state index is 13.1. The normalized spacial score (nSPS) is 26.0. The largest absolute Gasteiger partial charge is 0.450 e. The minimum atomic E-state index is -4.25. The molecule has 4 aliphatic rings. The molecule has 1 fully saturated rings. The highest BCUT2D eigenvalue weighted by Crippen LogP contribution is 2.41. The lowest BCUT2D eigenvalue weighted by molar-refractivity contribution is -0.171. The Morgan fingerprint density at radius 2 is 2.05 bits per heavy atom. The quantitative estimate of drug-likeness (QED) is 0.386. The van der Waals surface area contributed by atoms with Crippen molar-refractivity contribution in [2.24, 2.45) is 10.9 Å². The van der Waals surface area contributed by atoms with Crippen molar-refractivity contribution in [3.8, 4) is 0 Å². The van der Waals surface area contributed by atoms with Gasteiger partial charge in [-0.1, -0.05) is 29.9 Å². The number of esters is 1. The maximum Gasteiger partial charge on any atom is 0.392 e. The number of carbonyl (C=O) groups excluding carboxylic acids is 2. The van der Waals surface area contributed by atoms with Gasteiger partial charge in [-0.25, -0.2) is 4.79 Å². The second-order valence-corrected chi connectivity index (χ2v) is 10.5. The zero-order valence-electron chi connectivity index (χ0n) is 21.6. The fourth-order valence-electron chi connectivity index (χ4n) is 5.73. The number of ether oxygens (including phenoxy) is 1. The van der Waals surface area contributed by atoms with Crippen molar-refractivity contribution in [2.75, 3.05) is 26.2 Å². The van der Waals surface area contributed by atoms with E-state index in [0.29, 0.717) is 35.7 Å². The summed E-state index contributed by atoms with van der Waals surface area (Å²) >= 11 is 0. The summed E-state index contributed by atoms with van der Waals surface area (Å²) in [6.07, 6.45) is 9.45. The Labute approximate surface area is 216 Å². The first-order chi connectivity index (χ1) is 17.6. The van der Waals surface area contributed by atoms with Crippen molar-refractivity contribution in [3.05, 3.63) is 47.1 Å². The van der Waals surface area contributed by atoms with E-state index in [1.54, 1.807) is 13.0 Å². The van der Waals surface area contributed by atoms with E-state index in [-0.39, 0.29) is 31.8 Å². The number of halogens is 3. The van der Waals surface area contributed by atoms with Gasteiger partial charge in [-0.3, -0.25) is 9.79 Å². The number of allylic oxidation sites excluding steroid dienone is 5. The van der Waals surface area contributed by atoms with Gasteiger partial charge in [0.05, 0.1) is 18.0 Å². The molecule has 0 aromatic rings. The number of hydrogen-bond donors (Lipinski definition) is 1. The van der Waals surface area contributed by atoms with Crippen molar-refractivity contribution in [1.29, 1.82) is 0 Å². The number of alkyl halides is 3. The van der Waals surface area contributed by atoms with Gasteiger partial charge in [0.15, 0.2) is 0 Å². The lowest BCUT2D eigenvalue weighted by Crippen LogP contribution is -2.51. The summed E-state index contributed by atoms with van der Waals surface area (Å²) in [6, 6.07) is 0.361. The van der Waals surface area contributed by atoms with Gasteiger partial charge >= 0.3 is 12.1 Å². The van der Waals surface area contributed by atoms with E-state index in [0.717, 1.165) is 32.4 Å². The number of carbonyl (C=O) groups is 2. The second kappa shape index (κ2) is 11.4. The van der Waals surface area contributed by atoms with Crippen LogP contribution in [0.2, 0.25) is 0 Å². The van der Waals surface area contributed by atoms with E-state index < -0.39 is 23.7 Å². The number of likely N-dealkylation sites (tertiary alicyclic amines) is 1. The first-order valence-electron chi connectivity index (χ1n) is 13.2. The Morgan fingerprint density at radius 3 is 2.73 bits per heavy atom. The van der Waals surface area contributed by atoms with Gasteiger partial charge in [0.2, 0.25) is 0 Å². The summed E-state index contributed by atoms with van der Waals surface area (Å²) in [5.74, 6) is -2.24. The summed E-state index contributed by atoms with van der Waals surface area (Å²) in [5.41, 5.74) is 1.61. The van der Waals surface area contributed by atoms with Crippen molar-refractivity contribution in [3.63, 3.8) is 0 Å². The average Bonchev–Trinajstić information content (AvgIpc) is 3.11. The molecule has 1 N–H and O–H groups in total. The van der Waals surface area contributed by atoms with Crippen LogP contribution in [0.15, 0.2) is 52.1 Å². The van der Waals surface area contributed by atoms with Crippen molar-refractivity contribution in [2.45, 2.75) is 76.6 Å². The summed E-state index contributed by atoms with van der Waals surface area (Å²) in [6.45, 7) is 5.62. The monoisotopic (exact) mass is 519 g/mol. The van der Waals surface area contributed by atoms with Gasteiger partial charge in [0.1, 0.15) is 5.60 Å². The van der Waals surface area contributed by atoms with Crippen LogP contribution >= 0.6 is 0 Å². The molecule has 202 valence electrons. The summed E-state index contributed by atoms with van der Waals surface area (Å²) < 4.78 is 44.8. The second-order valence-electron chi connectivity index (χ2n) is 10.5. The molecule has 2 heterocycles. The highest BCUT2D eigenvalue weighted by atomic mass is 19.4. The Hall–Kier alpha value is -2.68. The minimum Gasteiger partial charge on any atom is -0.450 e. The summed E-state index contributed by atoms with van der Waals surface area (Å²) in [4.78, 5) is 32.3. The molecule has 2 atom stereocenters. The first kappa shape index (κ1) is 27.4. The fourth-order valence-corrected chi connectivity index (χ4v) is 5.73. The van der Waals surface area contributed by atoms with E-state index in [1.807, 2.05) is 0 Å². The van der Waals surface area contributed by atoms with Gasteiger partial charge < -0.3 is 15.0 Å². The van der Waals surface area contributed by atoms with Crippen LogP contribution in [0.5, 0.6) is 0 Å². The topological polar surface area (TPSA) is 71.0 Å². The number of nitrogens with one attached hydrogen (secondary N) is 1. The van der Waals surface area contributed by atoms with Crippen LogP contribution in [0, 0.1) is 5.92 Å². The molecule has 0 aromatic heterocycles. The predicted octanol–water partition coefficient (Wildman–Crippen LogP) is 4.84. The number of nitrogens with zero attached hydrogens (tertiary/aromatic N) is 2. The maximum absolute atomic E-state index is 13.1. The predicted molar refractivity (Wildman–Crippen MR) is 136 cm³/mol. The number of hydrogen-bond acceptors (Lipinski definition) is 5. The Kier molecular flexibility index (Phi) is 8.41. The van der Waals surface area contributed by atoms with Gasteiger partial charge in [-0.2, -0.15) is 13.2 Å². The van der Waals surface area contributed by atoms with E-state index in [9.17, 15) is 22.8 Å². The van der Waals surface area contributed by atoms with E-state index in [1.165, 1.54) is 11.6 Å². The van der Waals surface area contributed by atoms with Crippen molar-refractivity contribution < 1.29 is 27.5 Å². The SMILES string of the molecule is CC1=C(C(=O)NCCN=C2C=CCC(C(F)(F)F)C2)C2(CCN(C(C)CC3=CC=CCC3)CC2)OC1=O. The van der Waals surface area contributed by atoms with Crippen LogP contribution in [0.25, 0.3) is 0 Å². The average molecular weight is 520 g/mol. The van der Waals surface area contributed by atoms with Gasteiger partial charge in [-0.15, -0.1) is 0 Å². The zero-order valence-corrected chi connectivity index (χ0v) is 21.6. The lowest BCUT2D eigenvalue weighted by Gasteiger charge is -2.42. The molecule has 1 amide bonds. The van der Waals surface area contributed by atoms with Gasteiger partial charge in [0, 0.05) is 56.2 Å². The zero-order chi connectivity index (χ0) is 26.6. The van der Waals surface area contributed by atoms with E-state index in [4.69, 9.17) is 4.74 Å². The number of rotatable bonds is 7. The Morgan fingerprint density at radius 1 is 1.30 bits per heavy atom. The third-order valence-electron chi connectivity index (χ3n) is 7.90. The molecule has 2 unspecified atom stereocenters. The van der Waals surface area contributed by atoms with Crippen LogP contribution in [0.4, 0.5) is 13.2 Å². The van der Waals surface area contributed by atoms with E-state index in [2.05, 4.69) is 40.4 Å². The highest BCUT2D eigenvalue weighted by Gasteiger charge is 2.51. The van der Waals surface area contributed by atoms with E-state index >= 15 is 0 Å². The molecular formula is C28H36F3N3O3. The fraction of sp³-hybridized carbons (Fsp3) is 0.607. The molecule has 0 radical (unpaired) electrons. The molecule has 9 heteroatoms. The van der Waals surface area contributed by atoms with Crippen LogP contribution < -0.4 is 5.32 Å². The van der Waals surface area contributed by atoms with Crippen LogP contribution in [0.3, 0.4) is 0 Å². The van der Waals surface area contributed by atoms with Crippen LogP contribution in [-0.4, -0.2) is 66.5 Å². The van der Waals surface area contributed by atoms with Gasteiger partial charge in [0.25, 0.3) is 5.91 Å². The third kappa shape index (κ3) is 6.43. The molecule has 4 rings (SSSR count). The van der Waals surface area contributed by atoms with Crippen molar-refractivity contribution in [1.82, 2.24) is 10.2 Å². The summed E-state index contributed by atoms with van der Waals surface area (Å²) in [7, 11) is 0. The van der Waals surface area contributed by atoms with Crippen molar-refractivity contribution >= 4 is 17.6 Å². The molecular weight excluding hydrogens is 483 g/mol. The molecule has 2 aliphatic carbocycles. The minimum absolute atomic E-state index is 0.0335. The standard InChI is InChI=1S/C28H36F3N3O3/c1-19(17-21-7-4-3-5-8-21)34-15-11-27(12-16-34)24(20(2)26(36)37-27)25(35)33-14-13-32-23-10-6-9-22(18-23)28(29,30)31/h3-4,6-7,10,19,22H,5,8-9,11-18H2,1-2H3,(H,33,35). The molecule has 6 nitrogen and oxygen atoms in total. The molecule has 1 saturated heterocycles. The lowest BCUT2D eigenvalue weighted by atomic mass is 9.82. The van der Waals surface area contributed by atoms with Gasteiger partial charge in [-0.05, 0) is 45.6 Å². The highest BCUT2D eigenvalue weighted by molar-refractivity contribution is 6.07. The third-order valence-corrected chi connectivity index (χ3v) is 7.90. The molecule has 0 aromatic carbocycles. The van der Waals surface area contributed by atoms with Crippen LogP contribution in [-0.2, 0) is 14.3 Å².